The highest BCUT2D eigenvalue weighted by Crippen LogP contribution is 2.46. The molecule has 2 fully saturated rings. The largest absolute Gasteiger partial charge is 0.458 e. The number of benzene rings is 1. The van der Waals surface area contributed by atoms with Gasteiger partial charge in [-0.25, -0.2) is 14.2 Å². The number of hydrogen-bond donors (Lipinski definition) is 5. The number of aliphatic hydroxyl groups is 1. The van der Waals surface area contributed by atoms with Crippen molar-refractivity contribution in [3.63, 3.8) is 0 Å². The third kappa shape index (κ3) is 16.9. The summed E-state index contributed by atoms with van der Waals surface area (Å²) in [6, 6.07) is 0.300. The smallest absolute Gasteiger partial charge is 0.343 e. The van der Waals surface area contributed by atoms with Crippen LogP contribution in [0.3, 0.4) is 0 Å². The number of carbonyl (C=O) groups is 7. The summed E-state index contributed by atoms with van der Waals surface area (Å²) < 4.78 is 66.4. The lowest BCUT2D eigenvalue weighted by molar-refractivity contribution is -0.172. The second-order valence-electron chi connectivity index (χ2n) is 22.7. The van der Waals surface area contributed by atoms with Gasteiger partial charge in [0.05, 0.1) is 147 Å². The van der Waals surface area contributed by atoms with Crippen LogP contribution in [-0.4, -0.2) is 192 Å². The summed E-state index contributed by atoms with van der Waals surface area (Å²) in [6.07, 6.45) is 3.09. The highest BCUT2D eigenvalue weighted by atomic mass is 19.1. The van der Waals surface area contributed by atoms with E-state index in [0.717, 1.165) is 18.4 Å². The van der Waals surface area contributed by atoms with Gasteiger partial charge in [0, 0.05) is 54.9 Å². The monoisotopic (exact) mass is 1220 g/mol. The first-order valence-corrected chi connectivity index (χ1v) is 30.4. The molecule has 25 nitrogen and oxygen atoms in total. The Bertz CT molecular complexity index is 3030. The maximum absolute atomic E-state index is 15.5. The van der Waals surface area contributed by atoms with Crippen LogP contribution in [-0.2, 0) is 101 Å². The number of nitrogens with zero attached hydrogens (tertiary/aromatic N) is 3. The van der Waals surface area contributed by atoms with E-state index in [1.807, 2.05) is 0 Å². The van der Waals surface area contributed by atoms with Gasteiger partial charge in [0.25, 0.3) is 5.56 Å². The minimum absolute atomic E-state index is 0.0171. The van der Waals surface area contributed by atoms with Crippen LogP contribution in [0, 0.1) is 30.5 Å². The maximum Gasteiger partial charge on any atom is 0.343 e. The van der Waals surface area contributed by atoms with Crippen molar-refractivity contribution in [3.8, 4) is 11.4 Å². The first-order chi connectivity index (χ1) is 41.9. The predicted octanol–water partition coefficient (Wildman–Crippen LogP) is 2.09. The molecule has 0 spiro atoms. The normalized spacial score (nSPS) is 19.2. The Balaban J connectivity index is 0.621. The summed E-state index contributed by atoms with van der Waals surface area (Å²) in [7, 11) is 0. The molecule has 5 aliphatic rings. The van der Waals surface area contributed by atoms with E-state index in [1.54, 1.807) is 40.7 Å². The second-order valence-corrected chi connectivity index (χ2v) is 22.7. The molecule has 1 saturated carbocycles. The van der Waals surface area contributed by atoms with Gasteiger partial charge in [-0.2, -0.15) is 0 Å². The topological polar surface area (TPSA) is 309 Å². The molecule has 2 aliphatic carbocycles. The zero-order chi connectivity index (χ0) is 62.2. The molecule has 478 valence electrons. The van der Waals surface area contributed by atoms with Crippen molar-refractivity contribution in [3.05, 3.63) is 61.7 Å². The number of rotatable bonds is 38. The molecule has 1 aromatic carbocycles. The van der Waals surface area contributed by atoms with Crippen molar-refractivity contribution in [2.24, 2.45) is 17.8 Å². The van der Waals surface area contributed by atoms with E-state index in [1.165, 1.54) is 15.5 Å². The summed E-state index contributed by atoms with van der Waals surface area (Å²) in [5, 5.41) is 23.4. The lowest BCUT2D eigenvalue weighted by Crippen LogP contribution is -2.55. The SMILES string of the molecule is CC[C@@]1(O)C(=O)OCc2c1cc1n(c2=O)Cc2c-1nc1cc(F)c(C)c3c1c2[C@@H](NC(=O)[C@@H](C)NC(=O)[C@H](NC(=O)CCOCCOCCOCCOCCOCCOCCOCCOCCNC(=O)CCN1C(=O)CC(C2CC2)C1=O)C(C)C)CC3. The number of cyclic esters (lactones) is 1. The minimum atomic E-state index is -2.04. The first-order valence-electron chi connectivity index (χ1n) is 30.4. The van der Waals surface area contributed by atoms with E-state index in [4.69, 9.17) is 47.6 Å². The van der Waals surface area contributed by atoms with Crippen LogP contribution >= 0.6 is 0 Å². The van der Waals surface area contributed by atoms with E-state index in [2.05, 4.69) is 21.3 Å². The van der Waals surface area contributed by atoms with Crippen LogP contribution in [0.1, 0.15) is 112 Å². The lowest BCUT2D eigenvalue weighted by atomic mass is 9.81. The fraction of sp³-hybridized carbons (Fsp3) is 0.656. The second kappa shape index (κ2) is 31.7. The van der Waals surface area contributed by atoms with Crippen LogP contribution in [0.15, 0.2) is 16.9 Å². The zero-order valence-corrected chi connectivity index (χ0v) is 50.5. The fourth-order valence-corrected chi connectivity index (χ4v) is 11.3. The molecule has 3 aliphatic heterocycles. The molecule has 0 radical (unpaired) electrons. The van der Waals surface area contributed by atoms with Crippen LogP contribution in [0.2, 0.25) is 0 Å². The molecule has 1 saturated heterocycles. The van der Waals surface area contributed by atoms with Gasteiger partial charge in [-0.05, 0) is 80.5 Å². The molecule has 5 heterocycles. The average Bonchev–Trinajstić information content (AvgIpc) is 1.67. The number of aromatic nitrogens is 2. The van der Waals surface area contributed by atoms with E-state index in [9.17, 15) is 43.5 Å². The Labute approximate surface area is 504 Å². The van der Waals surface area contributed by atoms with Gasteiger partial charge in [0.15, 0.2) is 5.60 Å². The molecule has 5 N–H and O–H groups in total. The van der Waals surface area contributed by atoms with Crippen molar-refractivity contribution in [1.29, 1.82) is 0 Å². The summed E-state index contributed by atoms with van der Waals surface area (Å²) in [5.41, 5.74) is 1.36. The third-order valence-corrected chi connectivity index (χ3v) is 16.4. The van der Waals surface area contributed by atoms with Crippen molar-refractivity contribution < 1.29 is 85.7 Å². The Morgan fingerprint density at radius 1 is 0.747 bits per heavy atom. The maximum atomic E-state index is 15.5. The summed E-state index contributed by atoms with van der Waals surface area (Å²) in [6.45, 7) is 14.2. The Morgan fingerprint density at radius 3 is 1.91 bits per heavy atom. The summed E-state index contributed by atoms with van der Waals surface area (Å²) in [5.74, 6) is -3.51. The first kappa shape index (κ1) is 66.6. The van der Waals surface area contributed by atoms with Gasteiger partial charge in [-0.1, -0.05) is 20.8 Å². The number of esters is 1. The van der Waals surface area contributed by atoms with Crippen molar-refractivity contribution in [2.75, 3.05) is 119 Å². The number of imide groups is 1. The molecule has 0 bridgehead atoms. The van der Waals surface area contributed by atoms with Crippen LogP contribution in [0.25, 0.3) is 22.3 Å². The average molecular weight is 1220 g/mol. The van der Waals surface area contributed by atoms with Gasteiger partial charge >= 0.3 is 5.97 Å². The number of amides is 6. The number of likely N-dealkylation sites (tertiary alicyclic amines) is 1. The molecule has 5 atom stereocenters. The van der Waals surface area contributed by atoms with Crippen molar-refractivity contribution in [2.45, 2.75) is 123 Å². The van der Waals surface area contributed by atoms with Crippen molar-refractivity contribution >= 4 is 52.3 Å². The molecular weight excluding hydrogens is 1140 g/mol. The quantitative estimate of drug-likeness (QED) is 0.0244. The summed E-state index contributed by atoms with van der Waals surface area (Å²) >= 11 is 0. The predicted molar refractivity (Wildman–Crippen MR) is 309 cm³/mol. The van der Waals surface area contributed by atoms with E-state index >= 15 is 4.39 Å². The molecule has 1 unspecified atom stereocenters. The van der Waals surface area contributed by atoms with Crippen molar-refractivity contribution in [1.82, 2.24) is 35.7 Å². The van der Waals surface area contributed by atoms with Crippen LogP contribution in [0.5, 0.6) is 0 Å². The molecule has 2 aromatic heterocycles. The molecule has 8 rings (SSSR count). The number of ether oxygens (including phenoxy) is 9. The zero-order valence-electron chi connectivity index (χ0n) is 50.5. The number of aryl methyl sites for hydroxylation is 1. The van der Waals surface area contributed by atoms with E-state index in [-0.39, 0.29) is 106 Å². The molecule has 6 amide bonds. The fourth-order valence-electron chi connectivity index (χ4n) is 11.3. The van der Waals surface area contributed by atoms with Gasteiger partial charge in [-0.3, -0.25) is 38.5 Å². The van der Waals surface area contributed by atoms with Gasteiger partial charge in [-0.15, -0.1) is 0 Å². The molecule has 3 aromatic rings. The number of fused-ring (bicyclic) bond motifs is 5. The number of halogens is 1. The van der Waals surface area contributed by atoms with Crippen LogP contribution < -0.4 is 26.8 Å². The standard InChI is InChI=1S/C61H84FN7O18/c1-6-61(78)44-32-48-55-42(34-69(48)59(76)43(44)35-87-60(61)77)53-46(10-9-40-37(4)45(62)33-47(65-55)52(40)53)66-56(73)38(5)64-57(74)54(36(2)3)67-50(71)12-15-79-17-19-81-21-23-83-25-27-85-29-30-86-28-26-84-24-22-82-20-18-80-16-13-63-49(70)11-14-68-51(72)31-41(58(68)75)39-7-8-39/h32-33,36,38-39,41,46,54,78H,6-31,34-35H2,1-5H3,(H,63,70)(H,64,74)(H,66,73)(H,67,71)/t38-,41?,46+,54-,61+/m1/s1. The van der Waals surface area contributed by atoms with Crippen LogP contribution in [0.4, 0.5) is 4.39 Å². The Morgan fingerprint density at radius 2 is 1.33 bits per heavy atom. The lowest BCUT2D eigenvalue weighted by Gasteiger charge is -2.31. The highest BCUT2D eigenvalue weighted by Gasteiger charge is 2.48. The minimum Gasteiger partial charge on any atom is -0.458 e. The third-order valence-electron chi connectivity index (χ3n) is 16.4. The van der Waals surface area contributed by atoms with E-state index < -0.39 is 58.8 Å². The number of pyridine rings is 2. The van der Waals surface area contributed by atoms with Gasteiger partial charge < -0.3 is 73.6 Å². The molecule has 87 heavy (non-hydrogen) atoms. The Hall–Kier alpha value is -6.36. The van der Waals surface area contributed by atoms with Gasteiger partial charge in [0.1, 0.15) is 24.5 Å². The van der Waals surface area contributed by atoms with E-state index in [0.29, 0.717) is 150 Å². The van der Waals surface area contributed by atoms with Gasteiger partial charge in [0.2, 0.25) is 35.4 Å². The Kier molecular flexibility index (Phi) is 24.3. The summed E-state index contributed by atoms with van der Waals surface area (Å²) in [4.78, 5) is 110. The number of nitrogens with one attached hydrogen (secondary N) is 4. The number of carbonyl (C=O) groups excluding carboxylic acids is 7. The molecule has 26 heteroatoms. The molecular formula is C61H84FN7O18. The highest BCUT2D eigenvalue weighted by molar-refractivity contribution is 6.04. The number of hydrogen-bond acceptors (Lipinski definition) is 19.